The number of hydrogen-bond donors (Lipinski definition) is 0. The predicted molar refractivity (Wildman–Crippen MR) is 101 cm³/mol. The summed E-state index contributed by atoms with van der Waals surface area (Å²) in [5.41, 5.74) is 3.94. The molecule has 0 saturated heterocycles. The van der Waals surface area contributed by atoms with E-state index in [2.05, 4.69) is 13.0 Å². The summed E-state index contributed by atoms with van der Waals surface area (Å²) >= 11 is 0. The van der Waals surface area contributed by atoms with Crippen LogP contribution in [0, 0.1) is 0 Å². The van der Waals surface area contributed by atoms with E-state index in [9.17, 15) is 9.59 Å². The summed E-state index contributed by atoms with van der Waals surface area (Å²) in [5, 5.41) is 0. The van der Waals surface area contributed by atoms with Crippen LogP contribution in [0.15, 0.2) is 60.2 Å². The van der Waals surface area contributed by atoms with Gasteiger partial charge >= 0.3 is 11.9 Å². The molecule has 0 aromatic heterocycles. The van der Waals surface area contributed by atoms with Gasteiger partial charge in [0.2, 0.25) is 0 Å². The zero-order valence-corrected chi connectivity index (χ0v) is 15.4. The van der Waals surface area contributed by atoms with Gasteiger partial charge in [0.15, 0.2) is 0 Å². The van der Waals surface area contributed by atoms with Gasteiger partial charge in [0.25, 0.3) is 6.29 Å². The van der Waals surface area contributed by atoms with Crippen molar-refractivity contribution in [2.45, 2.75) is 39.9 Å². The van der Waals surface area contributed by atoms with E-state index in [0.29, 0.717) is 12.0 Å². The Labute approximate surface area is 154 Å². The van der Waals surface area contributed by atoms with Crippen LogP contribution in [0.1, 0.15) is 37.5 Å². The second-order valence-corrected chi connectivity index (χ2v) is 5.98. The monoisotopic (exact) mass is 352 g/mol. The minimum Gasteiger partial charge on any atom is -0.421 e. The number of hydrogen-bond acceptors (Lipinski definition) is 4. The average Bonchev–Trinajstić information content (AvgIpc) is 2.61. The second kappa shape index (κ2) is 9.56. The molecular weight excluding hydrogens is 328 g/mol. The van der Waals surface area contributed by atoms with Crippen molar-refractivity contribution in [3.63, 3.8) is 0 Å². The van der Waals surface area contributed by atoms with E-state index in [1.54, 1.807) is 0 Å². The highest BCUT2D eigenvalue weighted by Gasteiger charge is 2.21. The van der Waals surface area contributed by atoms with E-state index >= 15 is 0 Å². The van der Waals surface area contributed by atoms with Crippen molar-refractivity contribution in [3.05, 3.63) is 76.9 Å². The Morgan fingerprint density at radius 1 is 0.923 bits per heavy atom. The van der Waals surface area contributed by atoms with Crippen LogP contribution in [0.3, 0.4) is 0 Å². The zero-order valence-electron chi connectivity index (χ0n) is 15.4. The number of aryl methyl sites for hydroxylation is 1. The van der Waals surface area contributed by atoms with E-state index in [0.717, 1.165) is 17.5 Å². The molecule has 2 aromatic rings. The topological polar surface area (TPSA) is 52.6 Å². The van der Waals surface area contributed by atoms with Crippen LogP contribution in [-0.4, -0.2) is 18.2 Å². The molecule has 0 radical (unpaired) electrons. The number of rotatable bonds is 7. The van der Waals surface area contributed by atoms with Gasteiger partial charge in [-0.15, -0.1) is 0 Å². The van der Waals surface area contributed by atoms with Crippen LogP contribution in [-0.2, 0) is 31.9 Å². The molecule has 0 bridgehead atoms. The third-order valence-electron chi connectivity index (χ3n) is 3.88. The van der Waals surface area contributed by atoms with Gasteiger partial charge in [0.05, 0.1) is 0 Å². The number of esters is 2. The van der Waals surface area contributed by atoms with Crippen molar-refractivity contribution in [2.75, 3.05) is 0 Å². The van der Waals surface area contributed by atoms with Crippen LogP contribution in [0.4, 0.5) is 0 Å². The van der Waals surface area contributed by atoms with Gasteiger partial charge in [-0.3, -0.25) is 9.59 Å². The highest BCUT2D eigenvalue weighted by molar-refractivity contribution is 5.70. The molecule has 2 rings (SSSR count). The number of benzene rings is 2. The van der Waals surface area contributed by atoms with Gasteiger partial charge in [-0.05, 0) is 29.2 Å². The molecular formula is C22H24O4. The standard InChI is InChI=1S/C22H24O4/c1-4-19-12-8-9-13-20(19)15-21(14-18-10-6-5-7-11-18)22(25-16(2)23)26-17(3)24/h5-13,15,22H,4,14H2,1-3H3. The van der Waals surface area contributed by atoms with Gasteiger partial charge in [-0.2, -0.15) is 0 Å². The van der Waals surface area contributed by atoms with Crippen molar-refractivity contribution < 1.29 is 19.1 Å². The molecule has 4 heteroatoms. The first-order valence-electron chi connectivity index (χ1n) is 8.66. The van der Waals surface area contributed by atoms with E-state index in [-0.39, 0.29) is 0 Å². The highest BCUT2D eigenvalue weighted by Crippen LogP contribution is 2.22. The molecule has 0 heterocycles. The Bertz CT molecular complexity index is 762. The lowest BCUT2D eigenvalue weighted by atomic mass is 9.98. The predicted octanol–water partition coefficient (Wildman–Crippen LogP) is 4.33. The third kappa shape index (κ3) is 5.88. The molecule has 0 spiro atoms. The van der Waals surface area contributed by atoms with Crippen LogP contribution < -0.4 is 0 Å². The number of carbonyl (C=O) groups excluding carboxylic acids is 2. The first-order valence-corrected chi connectivity index (χ1v) is 8.66. The molecule has 26 heavy (non-hydrogen) atoms. The van der Waals surface area contributed by atoms with E-state index in [1.165, 1.54) is 19.4 Å². The zero-order chi connectivity index (χ0) is 18.9. The maximum Gasteiger partial charge on any atom is 0.305 e. The summed E-state index contributed by atoms with van der Waals surface area (Å²) in [5.74, 6) is -1.00. The molecule has 0 amide bonds. The Morgan fingerprint density at radius 2 is 1.50 bits per heavy atom. The summed E-state index contributed by atoms with van der Waals surface area (Å²) in [7, 11) is 0. The van der Waals surface area contributed by atoms with Gasteiger partial charge in [0, 0.05) is 25.8 Å². The molecule has 136 valence electrons. The Kier molecular flexibility index (Phi) is 7.15. The Balaban J connectivity index is 2.46. The lowest BCUT2D eigenvalue weighted by Gasteiger charge is -2.20. The molecule has 0 aliphatic rings. The van der Waals surface area contributed by atoms with Crippen molar-refractivity contribution in [1.29, 1.82) is 0 Å². The first kappa shape index (κ1) is 19.4. The lowest BCUT2D eigenvalue weighted by Crippen LogP contribution is -2.25. The lowest BCUT2D eigenvalue weighted by molar-refractivity contribution is -0.178. The Hall–Kier alpha value is -2.88. The van der Waals surface area contributed by atoms with Crippen molar-refractivity contribution in [1.82, 2.24) is 0 Å². The normalized spacial score (nSPS) is 11.3. The van der Waals surface area contributed by atoms with Crippen molar-refractivity contribution >= 4 is 18.0 Å². The average molecular weight is 352 g/mol. The quantitative estimate of drug-likeness (QED) is 0.550. The van der Waals surface area contributed by atoms with E-state index in [1.807, 2.05) is 54.6 Å². The van der Waals surface area contributed by atoms with Gasteiger partial charge in [-0.25, -0.2) is 0 Å². The highest BCUT2D eigenvalue weighted by atomic mass is 16.7. The number of ether oxygens (including phenoxy) is 2. The van der Waals surface area contributed by atoms with Crippen molar-refractivity contribution in [2.24, 2.45) is 0 Å². The van der Waals surface area contributed by atoms with E-state index in [4.69, 9.17) is 9.47 Å². The van der Waals surface area contributed by atoms with Gasteiger partial charge in [-0.1, -0.05) is 61.5 Å². The summed E-state index contributed by atoms with van der Waals surface area (Å²) in [6.07, 6.45) is 2.28. The minimum absolute atomic E-state index is 0.501. The smallest absolute Gasteiger partial charge is 0.305 e. The summed E-state index contributed by atoms with van der Waals surface area (Å²) in [4.78, 5) is 23.1. The molecule has 2 aromatic carbocycles. The largest absolute Gasteiger partial charge is 0.421 e. The van der Waals surface area contributed by atoms with Gasteiger partial charge < -0.3 is 9.47 Å². The summed E-state index contributed by atoms with van der Waals surface area (Å²) in [6.45, 7) is 4.69. The van der Waals surface area contributed by atoms with Crippen LogP contribution >= 0.6 is 0 Å². The van der Waals surface area contributed by atoms with E-state index < -0.39 is 18.2 Å². The van der Waals surface area contributed by atoms with Gasteiger partial charge in [0.1, 0.15) is 0 Å². The van der Waals surface area contributed by atoms with Crippen molar-refractivity contribution in [3.8, 4) is 0 Å². The maximum atomic E-state index is 11.5. The summed E-state index contributed by atoms with van der Waals surface area (Å²) < 4.78 is 10.6. The maximum absolute atomic E-state index is 11.5. The second-order valence-electron chi connectivity index (χ2n) is 5.98. The summed E-state index contributed by atoms with van der Waals surface area (Å²) in [6, 6.07) is 17.8. The van der Waals surface area contributed by atoms with Crippen LogP contribution in [0.5, 0.6) is 0 Å². The molecule has 0 aliphatic carbocycles. The molecule has 4 nitrogen and oxygen atoms in total. The fraction of sp³-hybridized carbons (Fsp3) is 0.273. The molecule has 0 aliphatic heterocycles. The molecule has 0 atom stereocenters. The first-order chi connectivity index (χ1) is 12.5. The minimum atomic E-state index is -1.05. The van der Waals surface area contributed by atoms with Crippen LogP contribution in [0.2, 0.25) is 0 Å². The van der Waals surface area contributed by atoms with Crippen LogP contribution in [0.25, 0.3) is 6.08 Å². The molecule has 0 unspecified atom stereocenters. The molecule has 0 saturated carbocycles. The molecule has 0 N–H and O–H groups in total. The fourth-order valence-corrected chi connectivity index (χ4v) is 2.71. The fourth-order valence-electron chi connectivity index (χ4n) is 2.71. The third-order valence-corrected chi connectivity index (χ3v) is 3.88. The Morgan fingerprint density at radius 3 is 2.08 bits per heavy atom. The number of carbonyl (C=O) groups is 2. The SMILES string of the molecule is CCc1ccccc1C=C(Cc1ccccc1)C(OC(C)=O)OC(C)=O. The molecule has 0 fully saturated rings.